The van der Waals surface area contributed by atoms with Gasteiger partial charge in [-0.15, -0.1) is 0 Å². The predicted octanol–water partition coefficient (Wildman–Crippen LogP) is -0.181. The van der Waals surface area contributed by atoms with E-state index < -0.39 is 5.91 Å². The number of amides is 1. The number of hydrogen-bond acceptors (Lipinski definition) is 4. The fourth-order valence-electron chi connectivity index (χ4n) is 1.55. The Morgan fingerprint density at radius 3 is 3.00 bits per heavy atom. The van der Waals surface area contributed by atoms with E-state index >= 15 is 0 Å². The Labute approximate surface area is 103 Å². The molecule has 0 spiro atoms. The van der Waals surface area contributed by atoms with E-state index in [2.05, 4.69) is 15.4 Å². The molecule has 0 atom stereocenters. The second-order valence-corrected chi connectivity index (χ2v) is 3.76. The van der Waals surface area contributed by atoms with Gasteiger partial charge in [-0.2, -0.15) is 5.10 Å². The molecule has 7 nitrogen and oxygen atoms in total. The molecule has 0 saturated carbocycles. The lowest BCUT2D eigenvalue weighted by Gasteiger charge is -2.03. The lowest BCUT2D eigenvalue weighted by atomic mass is 10.3. The first-order valence-corrected chi connectivity index (χ1v) is 5.33. The van der Waals surface area contributed by atoms with Crippen molar-refractivity contribution in [1.82, 2.24) is 14.8 Å². The maximum absolute atomic E-state index is 11.9. The number of anilines is 1. The molecule has 18 heavy (non-hydrogen) atoms. The van der Waals surface area contributed by atoms with Crippen molar-refractivity contribution in [3.8, 4) is 0 Å². The van der Waals surface area contributed by atoms with Crippen LogP contribution < -0.4 is 16.6 Å². The molecule has 0 fully saturated rings. The summed E-state index contributed by atoms with van der Waals surface area (Å²) in [6, 6.07) is 4.36. The molecular weight excluding hydrogens is 234 g/mol. The van der Waals surface area contributed by atoms with Crippen LogP contribution in [0.3, 0.4) is 0 Å². The van der Waals surface area contributed by atoms with E-state index in [1.807, 2.05) is 0 Å². The number of hydrogen-bond donors (Lipinski definition) is 3. The summed E-state index contributed by atoms with van der Waals surface area (Å²) < 4.78 is 1.56. The SMILES string of the molecule is Cn1cc(CN)c(NC(=O)c2cccc(=O)[nH]2)n1. The highest BCUT2D eigenvalue weighted by atomic mass is 16.2. The third kappa shape index (κ3) is 2.46. The lowest BCUT2D eigenvalue weighted by molar-refractivity contribution is 0.102. The van der Waals surface area contributed by atoms with Crippen LogP contribution in [0.5, 0.6) is 0 Å². The van der Waals surface area contributed by atoms with Crippen LogP contribution in [0.1, 0.15) is 16.1 Å². The Morgan fingerprint density at radius 2 is 2.33 bits per heavy atom. The van der Waals surface area contributed by atoms with Crippen LogP contribution in [0.4, 0.5) is 5.82 Å². The number of aromatic nitrogens is 3. The van der Waals surface area contributed by atoms with Crippen LogP contribution >= 0.6 is 0 Å². The van der Waals surface area contributed by atoms with Crippen LogP contribution in [-0.2, 0) is 13.6 Å². The van der Waals surface area contributed by atoms with Gasteiger partial charge in [-0.25, -0.2) is 0 Å². The highest BCUT2D eigenvalue weighted by molar-refractivity contribution is 6.02. The summed E-state index contributed by atoms with van der Waals surface area (Å²) in [5.74, 6) is -0.0317. The van der Waals surface area contributed by atoms with Crippen molar-refractivity contribution >= 4 is 11.7 Å². The highest BCUT2D eigenvalue weighted by Crippen LogP contribution is 2.12. The molecule has 0 radical (unpaired) electrons. The van der Waals surface area contributed by atoms with E-state index in [1.54, 1.807) is 17.9 Å². The first-order valence-electron chi connectivity index (χ1n) is 5.33. The summed E-state index contributed by atoms with van der Waals surface area (Å²) in [7, 11) is 1.74. The minimum absolute atomic E-state index is 0.177. The van der Waals surface area contributed by atoms with Gasteiger partial charge < -0.3 is 16.0 Å². The predicted molar refractivity (Wildman–Crippen MR) is 66.1 cm³/mol. The zero-order chi connectivity index (χ0) is 13.1. The van der Waals surface area contributed by atoms with Crippen molar-refractivity contribution < 1.29 is 4.79 Å². The Kier molecular flexibility index (Phi) is 3.24. The number of H-pyrrole nitrogens is 1. The fraction of sp³-hybridized carbons (Fsp3) is 0.182. The molecule has 2 aromatic rings. The standard InChI is InChI=1S/C11H13N5O2/c1-16-6-7(5-12)10(15-16)14-11(18)8-3-2-4-9(17)13-8/h2-4,6H,5,12H2,1H3,(H,13,17)(H,14,15,18). The molecule has 0 aliphatic rings. The Bertz CT molecular complexity index is 628. The van der Waals surface area contributed by atoms with Crippen LogP contribution in [0.15, 0.2) is 29.2 Å². The summed E-state index contributed by atoms with van der Waals surface area (Å²) in [6.45, 7) is 0.273. The maximum Gasteiger partial charge on any atom is 0.273 e. The number of carbonyl (C=O) groups is 1. The van der Waals surface area contributed by atoms with Crippen molar-refractivity contribution in [3.05, 3.63) is 46.0 Å². The van der Waals surface area contributed by atoms with Crippen LogP contribution in [-0.4, -0.2) is 20.7 Å². The molecule has 94 valence electrons. The van der Waals surface area contributed by atoms with Gasteiger partial charge in [0, 0.05) is 31.4 Å². The summed E-state index contributed by atoms with van der Waals surface area (Å²) in [6.07, 6.45) is 1.73. The largest absolute Gasteiger partial charge is 0.326 e. The van der Waals surface area contributed by atoms with E-state index in [9.17, 15) is 9.59 Å². The van der Waals surface area contributed by atoms with Gasteiger partial charge in [-0.1, -0.05) is 6.07 Å². The van der Waals surface area contributed by atoms with Gasteiger partial charge in [0.1, 0.15) is 5.69 Å². The zero-order valence-electron chi connectivity index (χ0n) is 9.80. The zero-order valence-corrected chi connectivity index (χ0v) is 9.80. The maximum atomic E-state index is 11.9. The summed E-state index contributed by atoms with van der Waals surface area (Å²) in [4.78, 5) is 25.4. The van der Waals surface area contributed by atoms with E-state index in [0.29, 0.717) is 5.82 Å². The molecule has 0 saturated heterocycles. The fourth-order valence-corrected chi connectivity index (χ4v) is 1.55. The van der Waals surface area contributed by atoms with Crippen molar-refractivity contribution in [2.45, 2.75) is 6.54 Å². The number of nitrogens with zero attached hydrogens (tertiary/aromatic N) is 2. The number of nitrogens with two attached hydrogens (primary N) is 1. The van der Waals surface area contributed by atoms with Crippen LogP contribution in [0.25, 0.3) is 0 Å². The summed E-state index contributed by atoms with van der Waals surface area (Å²) in [5, 5.41) is 6.69. The Morgan fingerprint density at radius 1 is 1.56 bits per heavy atom. The second kappa shape index (κ2) is 4.84. The molecule has 4 N–H and O–H groups in total. The highest BCUT2D eigenvalue weighted by Gasteiger charge is 2.12. The van der Waals surface area contributed by atoms with Gasteiger partial charge in [0.05, 0.1) is 0 Å². The van der Waals surface area contributed by atoms with Crippen LogP contribution in [0, 0.1) is 0 Å². The smallest absolute Gasteiger partial charge is 0.273 e. The number of rotatable bonds is 3. The normalized spacial score (nSPS) is 10.3. The van der Waals surface area contributed by atoms with Gasteiger partial charge in [0.25, 0.3) is 5.91 Å². The van der Waals surface area contributed by atoms with E-state index in [0.717, 1.165) is 5.56 Å². The number of nitrogens with one attached hydrogen (secondary N) is 2. The molecular formula is C11H13N5O2. The Hall–Kier alpha value is -2.41. The monoisotopic (exact) mass is 247 g/mol. The van der Waals surface area contributed by atoms with Crippen molar-refractivity contribution in [2.75, 3.05) is 5.32 Å². The topological polar surface area (TPSA) is 106 Å². The van der Waals surface area contributed by atoms with Crippen LogP contribution in [0.2, 0.25) is 0 Å². The van der Waals surface area contributed by atoms with Crippen molar-refractivity contribution in [2.24, 2.45) is 12.8 Å². The van der Waals surface area contributed by atoms with Crippen molar-refractivity contribution in [3.63, 3.8) is 0 Å². The van der Waals surface area contributed by atoms with Gasteiger partial charge in [0.2, 0.25) is 5.56 Å². The van der Waals surface area contributed by atoms with E-state index in [4.69, 9.17) is 5.73 Å². The molecule has 7 heteroatoms. The molecule has 1 amide bonds. The first kappa shape index (κ1) is 12.1. The number of carbonyl (C=O) groups excluding carboxylic acids is 1. The van der Waals surface area contributed by atoms with Crippen molar-refractivity contribution in [1.29, 1.82) is 0 Å². The third-order valence-electron chi connectivity index (χ3n) is 2.37. The molecule has 0 aliphatic heterocycles. The molecule has 2 aromatic heterocycles. The minimum atomic E-state index is -0.430. The minimum Gasteiger partial charge on any atom is -0.326 e. The third-order valence-corrected chi connectivity index (χ3v) is 2.37. The average Bonchev–Trinajstić information content (AvgIpc) is 2.69. The molecule has 0 aromatic carbocycles. The molecule has 0 unspecified atom stereocenters. The molecule has 2 heterocycles. The van der Waals surface area contributed by atoms with E-state index in [-0.39, 0.29) is 17.8 Å². The summed E-state index contributed by atoms with van der Waals surface area (Å²) >= 11 is 0. The quantitative estimate of drug-likeness (QED) is 0.699. The van der Waals surface area contributed by atoms with Gasteiger partial charge >= 0.3 is 0 Å². The second-order valence-electron chi connectivity index (χ2n) is 3.76. The first-order chi connectivity index (χ1) is 8.60. The number of aryl methyl sites for hydroxylation is 1. The molecule has 2 rings (SSSR count). The molecule has 0 aliphatic carbocycles. The summed E-state index contributed by atoms with van der Waals surface area (Å²) in [5.41, 5.74) is 6.11. The Balaban J connectivity index is 2.23. The number of aromatic amines is 1. The number of pyridine rings is 1. The van der Waals surface area contributed by atoms with Gasteiger partial charge in [-0.3, -0.25) is 14.3 Å². The molecule has 0 bridgehead atoms. The van der Waals surface area contributed by atoms with E-state index in [1.165, 1.54) is 18.2 Å². The van der Waals surface area contributed by atoms with Gasteiger partial charge in [0.15, 0.2) is 5.82 Å². The average molecular weight is 247 g/mol. The van der Waals surface area contributed by atoms with Gasteiger partial charge in [-0.05, 0) is 6.07 Å². The lowest BCUT2D eigenvalue weighted by Crippen LogP contribution is -2.19.